The molecule has 3 aromatic rings. The molecule has 0 fully saturated rings. The van der Waals surface area contributed by atoms with Gasteiger partial charge in [-0.2, -0.15) is 5.10 Å². The van der Waals surface area contributed by atoms with Gasteiger partial charge in [0.1, 0.15) is 11.5 Å². The largest absolute Gasteiger partial charge is 0.369 e. The topological polar surface area (TPSA) is 73.0 Å². The molecule has 120 valence electrons. The van der Waals surface area contributed by atoms with E-state index < -0.39 is 4.92 Å². The minimum atomic E-state index is -0.391. The van der Waals surface area contributed by atoms with Crippen LogP contribution in [0.15, 0.2) is 48.5 Å². The molecule has 0 bridgehead atoms. The Morgan fingerprint density at radius 3 is 2.83 bits per heavy atom. The van der Waals surface area contributed by atoms with Gasteiger partial charge < -0.3 is 5.32 Å². The first-order chi connectivity index (χ1) is 11.6. The number of nitrogens with zero attached hydrogens (tertiary/aromatic N) is 3. The summed E-state index contributed by atoms with van der Waals surface area (Å²) < 4.78 is 1.62. The van der Waals surface area contributed by atoms with Crippen LogP contribution in [0.2, 0.25) is 5.02 Å². The quantitative estimate of drug-likeness (QED) is 0.576. The molecule has 0 amide bonds. The van der Waals surface area contributed by atoms with E-state index in [9.17, 15) is 10.1 Å². The van der Waals surface area contributed by atoms with Gasteiger partial charge in [0.05, 0.1) is 10.6 Å². The Bertz CT molecular complexity index is 952. The number of anilines is 1. The van der Waals surface area contributed by atoms with Crippen LogP contribution in [0.5, 0.6) is 0 Å². The smallest absolute Gasteiger partial charge is 0.294 e. The Kier molecular flexibility index (Phi) is 3.46. The van der Waals surface area contributed by atoms with Gasteiger partial charge in [0.2, 0.25) is 0 Å². The van der Waals surface area contributed by atoms with E-state index in [1.165, 1.54) is 6.07 Å². The fourth-order valence-electron chi connectivity index (χ4n) is 3.01. The molecule has 2 heterocycles. The molecule has 0 saturated heterocycles. The van der Waals surface area contributed by atoms with E-state index in [2.05, 4.69) is 10.4 Å². The van der Waals surface area contributed by atoms with Crippen LogP contribution in [0.25, 0.3) is 16.9 Å². The number of hydrogen-bond donors (Lipinski definition) is 1. The lowest BCUT2D eigenvalue weighted by Gasteiger charge is -2.06. The molecule has 6 nitrogen and oxygen atoms in total. The number of benzene rings is 2. The van der Waals surface area contributed by atoms with Gasteiger partial charge in [0, 0.05) is 28.8 Å². The molecule has 0 aliphatic carbocycles. The average Bonchev–Trinajstić information content (AvgIpc) is 3.17. The Hall–Kier alpha value is -2.86. The number of aromatic nitrogens is 2. The van der Waals surface area contributed by atoms with Crippen LogP contribution in [-0.2, 0) is 6.42 Å². The fraction of sp³-hybridized carbons (Fsp3) is 0.118. The van der Waals surface area contributed by atoms with E-state index in [1.54, 1.807) is 22.9 Å². The van der Waals surface area contributed by atoms with Crippen molar-refractivity contribution in [3.63, 3.8) is 0 Å². The number of rotatable bonds is 3. The molecule has 0 saturated carbocycles. The lowest BCUT2D eigenvalue weighted by molar-refractivity contribution is -0.384. The van der Waals surface area contributed by atoms with E-state index in [0.717, 1.165) is 35.6 Å². The minimum Gasteiger partial charge on any atom is -0.369 e. The van der Waals surface area contributed by atoms with Crippen molar-refractivity contribution in [1.82, 2.24) is 9.78 Å². The highest BCUT2D eigenvalue weighted by Crippen LogP contribution is 2.37. The monoisotopic (exact) mass is 340 g/mol. The summed E-state index contributed by atoms with van der Waals surface area (Å²) in [4.78, 5) is 11.0. The summed E-state index contributed by atoms with van der Waals surface area (Å²) >= 11 is 6.10. The molecular formula is C17H13ClN4O2. The molecule has 7 heteroatoms. The molecule has 0 unspecified atom stereocenters. The van der Waals surface area contributed by atoms with Gasteiger partial charge in [0.25, 0.3) is 5.69 Å². The van der Waals surface area contributed by atoms with Gasteiger partial charge >= 0.3 is 0 Å². The molecule has 1 aliphatic heterocycles. The molecule has 0 radical (unpaired) electrons. The Labute approximate surface area is 142 Å². The van der Waals surface area contributed by atoms with Crippen LogP contribution in [0.4, 0.5) is 11.5 Å². The second-order valence-electron chi connectivity index (χ2n) is 5.52. The second kappa shape index (κ2) is 5.65. The highest BCUT2D eigenvalue weighted by atomic mass is 35.5. The zero-order valence-electron chi connectivity index (χ0n) is 12.6. The van der Waals surface area contributed by atoms with Crippen molar-refractivity contribution in [2.75, 3.05) is 11.9 Å². The molecule has 1 aliphatic rings. The first kappa shape index (κ1) is 14.7. The third-order valence-corrected chi connectivity index (χ3v) is 4.29. The Morgan fingerprint density at radius 2 is 2.04 bits per heavy atom. The molecule has 0 atom stereocenters. The molecule has 0 spiro atoms. The predicted octanol–water partition coefficient (Wildman–Crippen LogP) is 4.07. The zero-order chi connectivity index (χ0) is 16.7. The standard InChI is InChI=1S/C17H13ClN4O2/c18-12-5-3-4-11(10-12)16-13-8-9-19-17(13)21(20-16)14-6-1-2-7-15(14)22(23)24/h1-7,10,19H,8-9H2. The number of nitro groups is 1. The number of halogens is 1. The first-order valence-corrected chi connectivity index (χ1v) is 7.88. The number of hydrogen-bond acceptors (Lipinski definition) is 4. The van der Waals surface area contributed by atoms with E-state index >= 15 is 0 Å². The average molecular weight is 341 g/mol. The summed E-state index contributed by atoms with van der Waals surface area (Å²) in [6.45, 7) is 0.779. The number of para-hydroxylation sites is 2. The maximum atomic E-state index is 11.3. The molecular weight excluding hydrogens is 328 g/mol. The van der Waals surface area contributed by atoms with Gasteiger partial charge in [-0.1, -0.05) is 35.9 Å². The predicted molar refractivity (Wildman–Crippen MR) is 92.9 cm³/mol. The third kappa shape index (κ3) is 2.32. The minimum absolute atomic E-state index is 0.0224. The lowest BCUT2D eigenvalue weighted by atomic mass is 10.1. The van der Waals surface area contributed by atoms with Crippen molar-refractivity contribution < 1.29 is 4.92 Å². The van der Waals surface area contributed by atoms with Crippen molar-refractivity contribution in [3.05, 3.63) is 69.2 Å². The van der Waals surface area contributed by atoms with Crippen LogP contribution < -0.4 is 5.32 Å². The number of nitrogens with one attached hydrogen (secondary N) is 1. The maximum absolute atomic E-state index is 11.3. The van der Waals surface area contributed by atoms with Crippen LogP contribution in [-0.4, -0.2) is 21.2 Å². The van der Waals surface area contributed by atoms with E-state index in [4.69, 9.17) is 11.6 Å². The summed E-state index contributed by atoms with van der Waals surface area (Å²) in [5.41, 5.74) is 3.22. The van der Waals surface area contributed by atoms with Crippen LogP contribution in [0, 0.1) is 10.1 Å². The SMILES string of the molecule is O=[N+]([O-])c1ccccc1-n1nc(-c2cccc(Cl)c2)c2c1NCC2. The van der Waals surface area contributed by atoms with E-state index in [-0.39, 0.29) is 5.69 Å². The Balaban J connectivity index is 1.94. The van der Waals surface area contributed by atoms with Crippen molar-refractivity contribution >= 4 is 23.1 Å². The highest BCUT2D eigenvalue weighted by Gasteiger charge is 2.27. The van der Waals surface area contributed by atoms with Crippen molar-refractivity contribution in [3.8, 4) is 16.9 Å². The van der Waals surface area contributed by atoms with Crippen LogP contribution in [0.1, 0.15) is 5.56 Å². The fourth-order valence-corrected chi connectivity index (χ4v) is 3.20. The van der Waals surface area contributed by atoms with Gasteiger partial charge in [0.15, 0.2) is 0 Å². The lowest BCUT2D eigenvalue weighted by Crippen LogP contribution is -2.06. The number of fused-ring (bicyclic) bond motifs is 1. The molecule has 4 rings (SSSR count). The van der Waals surface area contributed by atoms with Gasteiger partial charge in [-0.3, -0.25) is 10.1 Å². The number of nitro benzene ring substituents is 1. The summed E-state index contributed by atoms with van der Waals surface area (Å²) in [6, 6.07) is 14.1. The third-order valence-electron chi connectivity index (χ3n) is 4.06. The van der Waals surface area contributed by atoms with E-state index in [0.29, 0.717) is 10.7 Å². The van der Waals surface area contributed by atoms with E-state index in [1.807, 2.05) is 24.3 Å². The van der Waals surface area contributed by atoms with Gasteiger partial charge in [-0.25, -0.2) is 4.68 Å². The summed E-state index contributed by atoms with van der Waals surface area (Å²) in [7, 11) is 0. The first-order valence-electron chi connectivity index (χ1n) is 7.50. The van der Waals surface area contributed by atoms with Crippen molar-refractivity contribution in [2.24, 2.45) is 0 Å². The van der Waals surface area contributed by atoms with Crippen molar-refractivity contribution in [1.29, 1.82) is 0 Å². The van der Waals surface area contributed by atoms with Gasteiger partial charge in [-0.05, 0) is 24.6 Å². The van der Waals surface area contributed by atoms with Crippen LogP contribution >= 0.6 is 11.6 Å². The molecule has 1 N–H and O–H groups in total. The summed E-state index contributed by atoms with van der Waals surface area (Å²) in [6.07, 6.45) is 0.817. The second-order valence-corrected chi connectivity index (χ2v) is 5.96. The molecule has 2 aromatic carbocycles. The van der Waals surface area contributed by atoms with Gasteiger partial charge in [-0.15, -0.1) is 0 Å². The molecule has 24 heavy (non-hydrogen) atoms. The normalized spacial score (nSPS) is 12.7. The highest BCUT2D eigenvalue weighted by molar-refractivity contribution is 6.30. The molecule has 1 aromatic heterocycles. The summed E-state index contributed by atoms with van der Waals surface area (Å²) in [5, 5.41) is 19.9. The van der Waals surface area contributed by atoms with Crippen LogP contribution in [0.3, 0.4) is 0 Å². The summed E-state index contributed by atoms with van der Waals surface area (Å²) in [5.74, 6) is 0.805. The maximum Gasteiger partial charge on any atom is 0.294 e. The zero-order valence-corrected chi connectivity index (χ0v) is 13.3. The Morgan fingerprint density at radius 1 is 1.21 bits per heavy atom. The van der Waals surface area contributed by atoms with Crippen molar-refractivity contribution in [2.45, 2.75) is 6.42 Å².